The first-order valence-corrected chi connectivity index (χ1v) is 5.55. The minimum atomic E-state index is 0.459. The Balaban J connectivity index is 2.97. The van der Waals surface area contributed by atoms with Gasteiger partial charge in [-0.2, -0.15) is 0 Å². The van der Waals surface area contributed by atoms with Crippen LogP contribution in [0.25, 0.3) is 0 Å². The summed E-state index contributed by atoms with van der Waals surface area (Å²) in [5.74, 6) is 0.990. The Bertz CT molecular complexity index is 332. The maximum atomic E-state index is 5.55. The topological polar surface area (TPSA) is 21.3 Å². The van der Waals surface area contributed by atoms with E-state index in [4.69, 9.17) is 4.74 Å². The molecule has 2 heteroatoms. The summed E-state index contributed by atoms with van der Waals surface area (Å²) in [5.41, 5.74) is 3.62. The number of rotatable bonds is 4. The number of nitrogens with one attached hydrogen (secondary N) is 1. The predicted molar refractivity (Wildman–Crippen MR) is 65.8 cm³/mol. The van der Waals surface area contributed by atoms with E-state index < -0.39 is 0 Å². The first kappa shape index (κ1) is 11.9. The van der Waals surface area contributed by atoms with Crippen LogP contribution in [0.15, 0.2) is 12.1 Å². The molecular formula is C13H21NO. The van der Waals surface area contributed by atoms with Crippen molar-refractivity contribution in [3.8, 4) is 5.75 Å². The lowest BCUT2D eigenvalue weighted by Crippen LogP contribution is -2.11. The van der Waals surface area contributed by atoms with Crippen molar-refractivity contribution in [3.63, 3.8) is 0 Å². The summed E-state index contributed by atoms with van der Waals surface area (Å²) in [6.45, 7) is 11.2. The number of hydrogen-bond donors (Lipinski definition) is 1. The van der Waals surface area contributed by atoms with Crippen LogP contribution >= 0.6 is 0 Å². The van der Waals surface area contributed by atoms with Crippen molar-refractivity contribution in [1.29, 1.82) is 0 Å². The Morgan fingerprint density at radius 2 is 1.87 bits per heavy atom. The molecule has 1 rings (SSSR count). The zero-order valence-corrected chi connectivity index (χ0v) is 10.3. The predicted octanol–water partition coefficient (Wildman–Crippen LogP) is 3.52. The lowest BCUT2D eigenvalue weighted by atomic mass is 10.1. The second-order valence-corrected chi connectivity index (χ2v) is 4.16. The Hall–Kier alpha value is -1.18. The molecule has 0 amide bonds. The lowest BCUT2D eigenvalue weighted by Gasteiger charge is -2.16. The quantitative estimate of drug-likeness (QED) is 0.815. The van der Waals surface area contributed by atoms with Crippen molar-refractivity contribution in [1.82, 2.24) is 0 Å². The third kappa shape index (κ3) is 3.15. The van der Waals surface area contributed by atoms with Crippen molar-refractivity contribution in [2.45, 2.75) is 40.7 Å². The standard InChI is InChI=1S/C13H21NO/c1-6-15-13-8-10(4)12(7-11(13)5)14-9(2)3/h7-9,14H,6H2,1-5H3. The highest BCUT2D eigenvalue weighted by Crippen LogP contribution is 2.26. The Labute approximate surface area is 92.6 Å². The summed E-state index contributed by atoms with van der Waals surface area (Å²) in [6, 6.07) is 4.71. The van der Waals surface area contributed by atoms with E-state index in [9.17, 15) is 0 Å². The van der Waals surface area contributed by atoms with Gasteiger partial charge in [0, 0.05) is 11.7 Å². The van der Waals surface area contributed by atoms with Gasteiger partial charge >= 0.3 is 0 Å². The maximum Gasteiger partial charge on any atom is 0.122 e. The van der Waals surface area contributed by atoms with E-state index in [0.717, 1.165) is 12.4 Å². The van der Waals surface area contributed by atoms with Crippen molar-refractivity contribution >= 4 is 5.69 Å². The molecule has 84 valence electrons. The van der Waals surface area contributed by atoms with Gasteiger partial charge in [-0.05, 0) is 57.9 Å². The SMILES string of the molecule is CCOc1cc(C)c(NC(C)C)cc1C. The highest BCUT2D eigenvalue weighted by Gasteiger charge is 2.05. The zero-order chi connectivity index (χ0) is 11.4. The van der Waals surface area contributed by atoms with Gasteiger partial charge in [0.05, 0.1) is 6.61 Å². The third-order valence-electron chi connectivity index (χ3n) is 2.27. The number of anilines is 1. The minimum absolute atomic E-state index is 0.459. The molecule has 1 aromatic carbocycles. The van der Waals surface area contributed by atoms with Crippen LogP contribution in [0.4, 0.5) is 5.69 Å². The normalized spacial score (nSPS) is 10.5. The molecule has 0 unspecified atom stereocenters. The highest BCUT2D eigenvalue weighted by atomic mass is 16.5. The van der Waals surface area contributed by atoms with Crippen LogP contribution < -0.4 is 10.1 Å². The molecular weight excluding hydrogens is 186 g/mol. The van der Waals surface area contributed by atoms with E-state index in [1.807, 2.05) is 6.92 Å². The van der Waals surface area contributed by atoms with E-state index in [1.54, 1.807) is 0 Å². The van der Waals surface area contributed by atoms with Crippen molar-refractivity contribution in [3.05, 3.63) is 23.3 Å². The molecule has 0 radical (unpaired) electrons. The summed E-state index contributed by atoms with van der Waals surface area (Å²) >= 11 is 0. The average molecular weight is 207 g/mol. The molecule has 1 aromatic rings. The first-order valence-electron chi connectivity index (χ1n) is 5.55. The fourth-order valence-corrected chi connectivity index (χ4v) is 1.57. The molecule has 1 N–H and O–H groups in total. The fourth-order valence-electron chi connectivity index (χ4n) is 1.57. The van der Waals surface area contributed by atoms with Gasteiger partial charge in [-0.25, -0.2) is 0 Å². The van der Waals surface area contributed by atoms with Gasteiger partial charge in [-0.3, -0.25) is 0 Å². The highest BCUT2D eigenvalue weighted by molar-refractivity contribution is 5.57. The van der Waals surface area contributed by atoms with Crippen LogP contribution in [0.5, 0.6) is 5.75 Å². The molecule has 0 aliphatic heterocycles. The minimum Gasteiger partial charge on any atom is -0.494 e. The maximum absolute atomic E-state index is 5.55. The summed E-state index contributed by atoms with van der Waals surface area (Å²) in [6.07, 6.45) is 0. The smallest absolute Gasteiger partial charge is 0.122 e. The van der Waals surface area contributed by atoms with Crippen LogP contribution in [0.2, 0.25) is 0 Å². The molecule has 0 saturated carbocycles. The van der Waals surface area contributed by atoms with Crippen LogP contribution in [-0.2, 0) is 0 Å². The van der Waals surface area contributed by atoms with Gasteiger partial charge in [0.1, 0.15) is 5.75 Å². The van der Waals surface area contributed by atoms with Crippen molar-refractivity contribution in [2.24, 2.45) is 0 Å². The fraction of sp³-hybridized carbons (Fsp3) is 0.538. The molecule has 0 aliphatic rings. The summed E-state index contributed by atoms with van der Waals surface area (Å²) < 4.78 is 5.55. The number of ether oxygens (including phenoxy) is 1. The molecule has 2 nitrogen and oxygen atoms in total. The molecule has 0 heterocycles. The Morgan fingerprint density at radius 1 is 1.20 bits per heavy atom. The largest absolute Gasteiger partial charge is 0.494 e. The lowest BCUT2D eigenvalue weighted by molar-refractivity contribution is 0.337. The van der Waals surface area contributed by atoms with E-state index in [-0.39, 0.29) is 0 Å². The molecule has 0 aromatic heterocycles. The van der Waals surface area contributed by atoms with Gasteiger partial charge < -0.3 is 10.1 Å². The van der Waals surface area contributed by atoms with Crippen LogP contribution in [0.1, 0.15) is 31.9 Å². The van der Waals surface area contributed by atoms with Crippen molar-refractivity contribution in [2.75, 3.05) is 11.9 Å². The van der Waals surface area contributed by atoms with E-state index in [1.165, 1.54) is 16.8 Å². The molecule has 0 bridgehead atoms. The first-order chi connectivity index (χ1) is 7.04. The van der Waals surface area contributed by atoms with Crippen LogP contribution in [-0.4, -0.2) is 12.6 Å². The van der Waals surface area contributed by atoms with E-state index in [0.29, 0.717) is 6.04 Å². The molecule has 0 saturated heterocycles. The molecule has 15 heavy (non-hydrogen) atoms. The van der Waals surface area contributed by atoms with Gasteiger partial charge in [0.15, 0.2) is 0 Å². The van der Waals surface area contributed by atoms with Gasteiger partial charge in [0.2, 0.25) is 0 Å². The second kappa shape index (κ2) is 5.06. The molecule has 0 fully saturated rings. The molecule has 0 spiro atoms. The number of benzene rings is 1. The van der Waals surface area contributed by atoms with Crippen molar-refractivity contribution < 1.29 is 4.74 Å². The van der Waals surface area contributed by atoms with Crippen LogP contribution in [0.3, 0.4) is 0 Å². The summed E-state index contributed by atoms with van der Waals surface area (Å²) in [4.78, 5) is 0. The zero-order valence-electron chi connectivity index (χ0n) is 10.3. The molecule has 0 aliphatic carbocycles. The monoisotopic (exact) mass is 207 g/mol. The number of aryl methyl sites for hydroxylation is 2. The number of hydrogen-bond acceptors (Lipinski definition) is 2. The Morgan fingerprint density at radius 3 is 2.40 bits per heavy atom. The van der Waals surface area contributed by atoms with Crippen LogP contribution in [0, 0.1) is 13.8 Å². The molecule has 0 atom stereocenters. The van der Waals surface area contributed by atoms with E-state index in [2.05, 4.69) is 45.1 Å². The van der Waals surface area contributed by atoms with Gasteiger partial charge in [-0.15, -0.1) is 0 Å². The Kier molecular flexibility index (Phi) is 4.01. The van der Waals surface area contributed by atoms with Gasteiger partial charge in [-0.1, -0.05) is 0 Å². The second-order valence-electron chi connectivity index (χ2n) is 4.16. The van der Waals surface area contributed by atoms with E-state index >= 15 is 0 Å². The third-order valence-corrected chi connectivity index (χ3v) is 2.27. The average Bonchev–Trinajstić information content (AvgIpc) is 2.13. The summed E-state index contributed by atoms with van der Waals surface area (Å²) in [7, 11) is 0. The van der Waals surface area contributed by atoms with Gasteiger partial charge in [0.25, 0.3) is 0 Å². The summed E-state index contributed by atoms with van der Waals surface area (Å²) in [5, 5.41) is 3.43.